The maximum Gasteiger partial charge on any atom is 0.220 e. The monoisotopic (exact) mass is 159 g/mol. The van der Waals surface area contributed by atoms with E-state index in [1.807, 2.05) is 0 Å². The highest BCUT2D eigenvalue weighted by Crippen LogP contribution is 2.13. The van der Waals surface area contributed by atoms with E-state index in [-0.39, 0.29) is 25.0 Å². The van der Waals surface area contributed by atoms with Crippen molar-refractivity contribution in [3.63, 3.8) is 0 Å². The molecule has 64 valence electrons. The summed E-state index contributed by atoms with van der Waals surface area (Å²) in [5.74, 6) is -0.186. The number of hydrogen-bond donors (Lipinski definition) is 3. The van der Waals surface area contributed by atoms with E-state index < -0.39 is 6.10 Å². The Hall–Kier alpha value is -0.610. The van der Waals surface area contributed by atoms with Crippen LogP contribution in [0.25, 0.3) is 0 Å². The van der Waals surface area contributed by atoms with Gasteiger partial charge in [0.1, 0.15) is 0 Å². The molecule has 2 atom stereocenters. The van der Waals surface area contributed by atoms with Crippen molar-refractivity contribution in [2.75, 3.05) is 13.2 Å². The Kier molecular flexibility index (Phi) is 2.84. The average Bonchev–Trinajstić information content (AvgIpc) is 2.15. The van der Waals surface area contributed by atoms with Gasteiger partial charge in [-0.05, 0) is 6.42 Å². The van der Waals surface area contributed by atoms with Crippen LogP contribution < -0.4 is 5.32 Å². The average molecular weight is 159 g/mol. The Morgan fingerprint density at radius 1 is 1.64 bits per heavy atom. The second-order valence-electron chi connectivity index (χ2n) is 2.85. The molecule has 0 aromatic carbocycles. The van der Waals surface area contributed by atoms with Crippen LogP contribution in [-0.4, -0.2) is 35.4 Å². The largest absolute Gasteiger partial charge is 0.396 e. The van der Waals surface area contributed by atoms with Crippen LogP contribution in [0.5, 0.6) is 0 Å². The smallest absolute Gasteiger partial charge is 0.220 e. The summed E-state index contributed by atoms with van der Waals surface area (Å²) in [4.78, 5) is 10.8. The van der Waals surface area contributed by atoms with Gasteiger partial charge in [0.2, 0.25) is 5.91 Å². The highest BCUT2D eigenvalue weighted by Gasteiger charge is 2.23. The Bertz CT molecular complexity index is 149. The molecular weight excluding hydrogens is 146 g/mol. The second-order valence-corrected chi connectivity index (χ2v) is 2.85. The summed E-state index contributed by atoms with van der Waals surface area (Å²) >= 11 is 0. The number of aliphatic hydroxyl groups excluding tert-OH is 2. The maximum absolute atomic E-state index is 10.8. The van der Waals surface area contributed by atoms with Crippen LogP contribution in [0.2, 0.25) is 0 Å². The fraction of sp³-hybridized carbons (Fsp3) is 0.857. The molecule has 0 aromatic rings. The highest BCUT2D eigenvalue weighted by molar-refractivity contribution is 5.76. The molecule has 3 N–H and O–H groups in total. The number of hydrogen-bond acceptors (Lipinski definition) is 3. The summed E-state index contributed by atoms with van der Waals surface area (Å²) in [6, 6.07) is 0. The maximum atomic E-state index is 10.8. The Morgan fingerprint density at radius 2 is 2.36 bits per heavy atom. The first kappa shape index (κ1) is 8.49. The van der Waals surface area contributed by atoms with Gasteiger partial charge >= 0.3 is 0 Å². The molecule has 1 aliphatic rings. The van der Waals surface area contributed by atoms with Crippen LogP contribution in [0.4, 0.5) is 0 Å². The molecule has 1 fully saturated rings. The van der Waals surface area contributed by atoms with Crippen molar-refractivity contribution in [1.29, 1.82) is 0 Å². The lowest BCUT2D eigenvalue weighted by Crippen LogP contribution is -2.32. The molecule has 1 saturated heterocycles. The molecule has 0 bridgehead atoms. The minimum absolute atomic E-state index is 0.0417. The standard InChI is InChI=1S/C7H13NO3/c9-4-5-1-2-7(11)8-3-6(5)10/h5-6,9-10H,1-4H2,(H,8,11). The lowest BCUT2D eigenvalue weighted by Gasteiger charge is -2.15. The number of aliphatic hydroxyl groups is 2. The molecule has 11 heavy (non-hydrogen) atoms. The minimum atomic E-state index is -0.591. The second kappa shape index (κ2) is 3.69. The molecule has 1 amide bonds. The van der Waals surface area contributed by atoms with Gasteiger partial charge in [-0.2, -0.15) is 0 Å². The third-order valence-corrected chi connectivity index (χ3v) is 2.03. The molecule has 0 radical (unpaired) electrons. The number of amides is 1. The summed E-state index contributed by atoms with van der Waals surface area (Å²) in [5, 5.41) is 20.6. The van der Waals surface area contributed by atoms with Crippen molar-refractivity contribution in [1.82, 2.24) is 5.32 Å². The normalized spacial score (nSPS) is 32.7. The molecule has 2 unspecified atom stereocenters. The van der Waals surface area contributed by atoms with Crippen LogP contribution in [-0.2, 0) is 4.79 Å². The van der Waals surface area contributed by atoms with Gasteiger partial charge in [-0.15, -0.1) is 0 Å². The number of carbonyl (C=O) groups is 1. The fourth-order valence-electron chi connectivity index (χ4n) is 1.20. The number of nitrogens with one attached hydrogen (secondary N) is 1. The predicted molar refractivity (Wildman–Crippen MR) is 38.8 cm³/mol. The molecule has 1 aliphatic heterocycles. The van der Waals surface area contributed by atoms with Crippen molar-refractivity contribution in [2.24, 2.45) is 5.92 Å². The van der Waals surface area contributed by atoms with Gasteiger partial charge in [-0.25, -0.2) is 0 Å². The van der Waals surface area contributed by atoms with E-state index in [9.17, 15) is 9.90 Å². The molecule has 1 heterocycles. The van der Waals surface area contributed by atoms with E-state index in [4.69, 9.17) is 5.11 Å². The summed E-state index contributed by atoms with van der Waals surface area (Å²) in [6.07, 6.45) is 0.387. The van der Waals surface area contributed by atoms with Crippen LogP contribution in [0.1, 0.15) is 12.8 Å². The first-order valence-corrected chi connectivity index (χ1v) is 3.79. The van der Waals surface area contributed by atoms with Gasteiger partial charge in [0.15, 0.2) is 0 Å². The Balaban J connectivity index is 2.48. The zero-order valence-corrected chi connectivity index (χ0v) is 6.29. The van der Waals surface area contributed by atoms with E-state index in [1.165, 1.54) is 0 Å². The summed E-state index contributed by atoms with van der Waals surface area (Å²) in [5.41, 5.74) is 0. The van der Waals surface area contributed by atoms with Gasteiger partial charge in [-0.3, -0.25) is 4.79 Å². The molecule has 4 heteroatoms. The molecule has 0 saturated carbocycles. The van der Waals surface area contributed by atoms with Gasteiger partial charge in [0.25, 0.3) is 0 Å². The van der Waals surface area contributed by atoms with E-state index >= 15 is 0 Å². The molecule has 0 aromatic heterocycles. The number of carbonyl (C=O) groups excluding carboxylic acids is 1. The predicted octanol–water partition coefficient (Wildman–Crippen LogP) is -1.13. The van der Waals surface area contributed by atoms with Gasteiger partial charge in [-0.1, -0.05) is 0 Å². The summed E-state index contributed by atoms with van der Waals surface area (Å²) in [7, 11) is 0. The van der Waals surface area contributed by atoms with E-state index in [1.54, 1.807) is 0 Å². The van der Waals surface area contributed by atoms with Crippen LogP contribution >= 0.6 is 0 Å². The molecule has 4 nitrogen and oxygen atoms in total. The van der Waals surface area contributed by atoms with E-state index in [0.717, 1.165) is 0 Å². The molecule has 0 aliphatic carbocycles. The summed E-state index contributed by atoms with van der Waals surface area (Å²) in [6.45, 7) is 0.222. The first-order valence-electron chi connectivity index (χ1n) is 3.79. The van der Waals surface area contributed by atoms with Gasteiger partial charge < -0.3 is 15.5 Å². The molecule has 1 rings (SSSR count). The zero-order valence-electron chi connectivity index (χ0n) is 6.29. The molecule has 0 spiro atoms. The summed E-state index contributed by atoms with van der Waals surface area (Å²) < 4.78 is 0. The first-order chi connectivity index (χ1) is 5.24. The quantitative estimate of drug-likeness (QED) is 0.453. The number of β-amino-alcohol motifs (C(OH)–C–C–N with tert-alkyl or cyclic N) is 1. The minimum Gasteiger partial charge on any atom is -0.396 e. The number of rotatable bonds is 1. The van der Waals surface area contributed by atoms with Crippen molar-refractivity contribution in [2.45, 2.75) is 18.9 Å². The topological polar surface area (TPSA) is 69.6 Å². The lowest BCUT2D eigenvalue weighted by atomic mass is 9.99. The van der Waals surface area contributed by atoms with Crippen LogP contribution in [0, 0.1) is 5.92 Å². The Morgan fingerprint density at radius 3 is 3.00 bits per heavy atom. The lowest BCUT2D eigenvalue weighted by molar-refractivity contribution is -0.120. The van der Waals surface area contributed by atoms with E-state index in [0.29, 0.717) is 12.8 Å². The van der Waals surface area contributed by atoms with Crippen molar-refractivity contribution < 1.29 is 15.0 Å². The van der Waals surface area contributed by atoms with Crippen molar-refractivity contribution in [3.8, 4) is 0 Å². The van der Waals surface area contributed by atoms with Crippen molar-refractivity contribution >= 4 is 5.91 Å². The third kappa shape index (κ3) is 2.17. The molecular formula is C7H13NO3. The zero-order chi connectivity index (χ0) is 8.27. The van der Waals surface area contributed by atoms with Crippen LogP contribution in [0.3, 0.4) is 0 Å². The van der Waals surface area contributed by atoms with Crippen LogP contribution in [0.15, 0.2) is 0 Å². The van der Waals surface area contributed by atoms with Gasteiger partial charge in [0, 0.05) is 25.5 Å². The SMILES string of the molecule is O=C1CCC(CO)C(O)CN1. The van der Waals surface area contributed by atoms with Crippen molar-refractivity contribution in [3.05, 3.63) is 0 Å². The Labute approximate surface area is 65.2 Å². The highest BCUT2D eigenvalue weighted by atomic mass is 16.3. The van der Waals surface area contributed by atoms with Gasteiger partial charge in [0.05, 0.1) is 6.10 Å². The fourth-order valence-corrected chi connectivity index (χ4v) is 1.20. The van der Waals surface area contributed by atoms with E-state index in [2.05, 4.69) is 5.32 Å². The third-order valence-electron chi connectivity index (χ3n) is 2.03.